The molecule has 1 heterocycles. The topological polar surface area (TPSA) is 0 Å². The lowest BCUT2D eigenvalue weighted by molar-refractivity contribution is 1.63. The van der Waals surface area contributed by atoms with Gasteiger partial charge in [0.05, 0.1) is 0 Å². The molecule has 0 spiro atoms. The summed E-state index contributed by atoms with van der Waals surface area (Å²) in [4.78, 5) is 0. The molecule has 142 valence electrons. The van der Waals surface area contributed by atoms with Crippen LogP contribution in [0.25, 0.3) is 53.2 Å². The quantitative estimate of drug-likeness (QED) is 0.262. The first-order valence-corrected chi connectivity index (χ1v) is 11.2. The molecule has 2 heteroatoms. The summed E-state index contributed by atoms with van der Waals surface area (Å²) in [6, 6.07) is 36.6. The van der Waals surface area contributed by atoms with Crippen LogP contribution in [0.5, 0.6) is 0 Å². The molecule has 0 bridgehead atoms. The van der Waals surface area contributed by atoms with Gasteiger partial charge in [-0.3, -0.25) is 0 Å². The van der Waals surface area contributed by atoms with E-state index in [0.29, 0.717) is 0 Å². The number of thiophene rings is 1. The molecule has 0 saturated heterocycles. The number of hydrogen-bond donors (Lipinski definition) is 0. The summed E-state index contributed by atoms with van der Waals surface area (Å²) in [7, 11) is 0. The fourth-order valence-corrected chi connectivity index (χ4v) is 5.72. The van der Waals surface area contributed by atoms with Crippen LogP contribution in [0.15, 0.2) is 103 Å². The molecule has 0 nitrogen and oxygen atoms in total. The summed E-state index contributed by atoms with van der Waals surface area (Å²) in [5.74, 6) is 0. The molecule has 0 aliphatic carbocycles. The van der Waals surface area contributed by atoms with E-state index in [0.717, 1.165) is 10.6 Å². The van der Waals surface area contributed by atoms with Gasteiger partial charge in [0.25, 0.3) is 0 Å². The van der Waals surface area contributed by atoms with Crippen molar-refractivity contribution in [3.05, 3.63) is 108 Å². The van der Waals surface area contributed by atoms with Gasteiger partial charge in [-0.1, -0.05) is 90.5 Å². The predicted octanol–water partition coefficient (Wildman–Crippen LogP) is 9.20. The normalized spacial score (nSPS) is 11.5. The van der Waals surface area contributed by atoms with E-state index in [9.17, 15) is 0 Å². The number of fused-ring (bicyclic) bond motifs is 4. The highest BCUT2D eigenvalue weighted by Gasteiger charge is 2.17. The Morgan fingerprint density at radius 2 is 1.33 bits per heavy atom. The second-order valence-corrected chi connectivity index (χ2v) is 8.99. The molecule has 0 fully saturated rings. The smallest absolute Gasteiger partial charge is 0.0484 e. The second-order valence-electron chi connectivity index (χ2n) is 7.50. The minimum atomic E-state index is 0.776. The van der Waals surface area contributed by atoms with Crippen LogP contribution in [0.2, 0.25) is 5.02 Å². The van der Waals surface area contributed by atoms with E-state index in [4.69, 9.17) is 11.6 Å². The van der Waals surface area contributed by atoms with Gasteiger partial charge in [-0.15, -0.1) is 11.3 Å². The summed E-state index contributed by atoms with van der Waals surface area (Å²) in [5.41, 5.74) is 4.72. The van der Waals surface area contributed by atoms with Gasteiger partial charge in [0.2, 0.25) is 0 Å². The highest BCUT2D eigenvalue weighted by molar-refractivity contribution is 7.26. The first-order valence-electron chi connectivity index (χ1n) is 9.98. The van der Waals surface area contributed by atoms with Gasteiger partial charge >= 0.3 is 0 Å². The Bertz CT molecular complexity index is 1560. The average Bonchev–Trinajstić information content (AvgIpc) is 3.17. The van der Waals surface area contributed by atoms with Gasteiger partial charge in [0, 0.05) is 30.8 Å². The van der Waals surface area contributed by atoms with Gasteiger partial charge in [0.1, 0.15) is 0 Å². The van der Waals surface area contributed by atoms with E-state index in [2.05, 4.69) is 91.0 Å². The molecule has 0 aliphatic heterocycles. The standard InChI is InChI=1S/C28H17ClS/c29-24-11-5-3-9-21(24)22-15-16-26-28(23-10-4-6-12-25(23)30-26)27(22)20-14-13-18-7-1-2-8-19(18)17-20/h1-17H. The molecular weight excluding hydrogens is 404 g/mol. The van der Waals surface area contributed by atoms with Crippen molar-refractivity contribution >= 4 is 53.9 Å². The van der Waals surface area contributed by atoms with Crippen LogP contribution in [0, 0.1) is 0 Å². The fraction of sp³-hybridized carbons (Fsp3) is 0. The molecule has 0 atom stereocenters. The molecule has 6 rings (SSSR count). The Labute approximate surface area is 184 Å². The molecule has 0 aliphatic rings. The van der Waals surface area contributed by atoms with Crippen molar-refractivity contribution < 1.29 is 0 Å². The molecule has 0 saturated carbocycles. The van der Waals surface area contributed by atoms with Crippen molar-refractivity contribution in [3.8, 4) is 22.3 Å². The molecule has 0 amide bonds. The summed E-state index contributed by atoms with van der Waals surface area (Å²) in [6.45, 7) is 0. The summed E-state index contributed by atoms with van der Waals surface area (Å²) in [6.07, 6.45) is 0. The Hall–Kier alpha value is -3.13. The third-order valence-corrected chi connectivity index (χ3v) is 7.21. The Morgan fingerprint density at radius 3 is 2.23 bits per heavy atom. The van der Waals surface area contributed by atoms with Gasteiger partial charge < -0.3 is 0 Å². The Kier molecular flexibility index (Phi) is 4.12. The molecule has 30 heavy (non-hydrogen) atoms. The monoisotopic (exact) mass is 420 g/mol. The van der Waals surface area contributed by atoms with E-state index < -0.39 is 0 Å². The molecule has 0 radical (unpaired) electrons. The van der Waals surface area contributed by atoms with E-state index in [1.165, 1.54) is 47.6 Å². The lowest BCUT2D eigenvalue weighted by Gasteiger charge is -2.15. The zero-order chi connectivity index (χ0) is 20.1. The number of benzene rings is 5. The molecule has 0 unspecified atom stereocenters. The lowest BCUT2D eigenvalue weighted by atomic mass is 9.90. The summed E-state index contributed by atoms with van der Waals surface area (Å²) < 4.78 is 2.61. The fourth-order valence-electron chi connectivity index (χ4n) is 4.37. The zero-order valence-corrected chi connectivity index (χ0v) is 17.7. The van der Waals surface area contributed by atoms with Crippen LogP contribution in [0.4, 0.5) is 0 Å². The molecular formula is C28H17ClS. The molecule has 0 N–H and O–H groups in total. The van der Waals surface area contributed by atoms with Crippen LogP contribution in [0.3, 0.4) is 0 Å². The maximum atomic E-state index is 6.66. The van der Waals surface area contributed by atoms with Crippen molar-refractivity contribution in [2.45, 2.75) is 0 Å². The number of hydrogen-bond acceptors (Lipinski definition) is 1. The molecule has 5 aromatic carbocycles. The zero-order valence-electron chi connectivity index (χ0n) is 16.1. The van der Waals surface area contributed by atoms with Crippen molar-refractivity contribution in [2.75, 3.05) is 0 Å². The maximum absolute atomic E-state index is 6.66. The second kappa shape index (κ2) is 6.98. The molecule has 6 aromatic rings. The van der Waals surface area contributed by atoms with Crippen molar-refractivity contribution in [1.82, 2.24) is 0 Å². The average molecular weight is 421 g/mol. The third-order valence-electron chi connectivity index (χ3n) is 5.75. The minimum Gasteiger partial charge on any atom is -0.135 e. The SMILES string of the molecule is Clc1ccccc1-c1ccc2sc3ccccc3c2c1-c1ccc2ccccc2c1. The number of rotatable bonds is 2. The van der Waals surface area contributed by atoms with Crippen LogP contribution in [0.1, 0.15) is 0 Å². The lowest BCUT2D eigenvalue weighted by Crippen LogP contribution is -1.88. The third kappa shape index (κ3) is 2.74. The predicted molar refractivity (Wildman–Crippen MR) is 133 cm³/mol. The van der Waals surface area contributed by atoms with E-state index >= 15 is 0 Å². The highest BCUT2D eigenvalue weighted by atomic mass is 35.5. The van der Waals surface area contributed by atoms with Crippen molar-refractivity contribution in [1.29, 1.82) is 0 Å². The van der Waals surface area contributed by atoms with Crippen LogP contribution in [-0.4, -0.2) is 0 Å². The van der Waals surface area contributed by atoms with Crippen molar-refractivity contribution in [3.63, 3.8) is 0 Å². The van der Waals surface area contributed by atoms with Crippen molar-refractivity contribution in [2.24, 2.45) is 0 Å². The van der Waals surface area contributed by atoms with E-state index in [1.807, 2.05) is 23.5 Å². The van der Waals surface area contributed by atoms with Gasteiger partial charge in [-0.25, -0.2) is 0 Å². The van der Waals surface area contributed by atoms with Crippen LogP contribution >= 0.6 is 22.9 Å². The van der Waals surface area contributed by atoms with E-state index in [-0.39, 0.29) is 0 Å². The highest BCUT2D eigenvalue weighted by Crippen LogP contribution is 2.46. The largest absolute Gasteiger partial charge is 0.135 e. The molecule has 1 aromatic heterocycles. The Morgan fingerprint density at radius 1 is 0.567 bits per heavy atom. The van der Waals surface area contributed by atoms with E-state index in [1.54, 1.807) is 0 Å². The van der Waals surface area contributed by atoms with Gasteiger partial charge in [0.15, 0.2) is 0 Å². The summed E-state index contributed by atoms with van der Waals surface area (Å²) in [5, 5.41) is 5.89. The van der Waals surface area contributed by atoms with Gasteiger partial charge in [-0.2, -0.15) is 0 Å². The number of halogens is 1. The van der Waals surface area contributed by atoms with Gasteiger partial charge in [-0.05, 0) is 51.7 Å². The van der Waals surface area contributed by atoms with Crippen LogP contribution in [-0.2, 0) is 0 Å². The maximum Gasteiger partial charge on any atom is 0.0484 e. The Balaban J connectivity index is 1.78. The summed E-state index contributed by atoms with van der Waals surface area (Å²) >= 11 is 8.51. The van der Waals surface area contributed by atoms with Crippen LogP contribution < -0.4 is 0 Å². The first kappa shape index (κ1) is 17.7. The first-order chi connectivity index (χ1) is 14.8. The minimum absolute atomic E-state index is 0.776.